The van der Waals surface area contributed by atoms with Gasteiger partial charge in [-0.1, -0.05) is 19.3 Å². The Morgan fingerprint density at radius 2 is 1.61 bits per heavy atom. The van der Waals surface area contributed by atoms with Gasteiger partial charge in [-0.3, -0.25) is 4.79 Å². The van der Waals surface area contributed by atoms with Gasteiger partial charge in [0.15, 0.2) is 0 Å². The van der Waals surface area contributed by atoms with Crippen LogP contribution in [0.15, 0.2) is 29.2 Å². The molecular weight excluding hydrogens is 312 g/mol. The van der Waals surface area contributed by atoms with E-state index in [9.17, 15) is 13.2 Å². The maximum absolute atomic E-state index is 12.5. The number of amides is 1. The van der Waals surface area contributed by atoms with E-state index in [0.717, 1.165) is 6.54 Å². The second-order valence-electron chi connectivity index (χ2n) is 6.50. The first kappa shape index (κ1) is 17.9. The van der Waals surface area contributed by atoms with E-state index in [4.69, 9.17) is 0 Å². The normalized spacial score (nSPS) is 16.5. The highest BCUT2D eigenvalue weighted by Gasteiger charge is 2.21. The lowest BCUT2D eigenvalue weighted by Gasteiger charge is -2.27. The molecule has 1 aromatic carbocycles. The van der Waals surface area contributed by atoms with Crippen LogP contribution in [0.3, 0.4) is 0 Å². The zero-order chi connectivity index (χ0) is 17.0. The Hall–Kier alpha value is -1.40. The van der Waals surface area contributed by atoms with Crippen molar-refractivity contribution in [2.75, 3.05) is 27.7 Å². The highest BCUT2D eigenvalue weighted by Crippen LogP contribution is 2.24. The van der Waals surface area contributed by atoms with Crippen LogP contribution in [0.5, 0.6) is 0 Å². The predicted octanol–water partition coefficient (Wildman–Crippen LogP) is 2.59. The SMILES string of the molecule is CN(CC1CCCCC1)C(=O)c1ccc(S(=O)(=O)N(C)C)cc1. The van der Waals surface area contributed by atoms with Crippen molar-refractivity contribution in [1.29, 1.82) is 0 Å². The van der Waals surface area contributed by atoms with Gasteiger partial charge in [0.2, 0.25) is 10.0 Å². The van der Waals surface area contributed by atoms with Gasteiger partial charge >= 0.3 is 0 Å². The van der Waals surface area contributed by atoms with Crippen LogP contribution in [0.2, 0.25) is 0 Å². The van der Waals surface area contributed by atoms with Crippen LogP contribution in [0.1, 0.15) is 42.5 Å². The molecule has 23 heavy (non-hydrogen) atoms. The van der Waals surface area contributed by atoms with Crippen molar-refractivity contribution in [2.45, 2.75) is 37.0 Å². The zero-order valence-corrected chi connectivity index (χ0v) is 15.0. The minimum absolute atomic E-state index is 0.0515. The van der Waals surface area contributed by atoms with E-state index < -0.39 is 10.0 Å². The molecule has 2 rings (SSSR count). The molecule has 1 fully saturated rings. The van der Waals surface area contributed by atoms with Gasteiger partial charge in [0.25, 0.3) is 5.91 Å². The quantitative estimate of drug-likeness (QED) is 0.829. The maximum atomic E-state index is 12.5. The first-order valence-electron chi connectivity index (χ1n) is 8.10. The minimum atomic E-state index is -3.45. The fourth-order valence-corrected chi connectivity index (χ4v) is 3.94. The number of rotatable bonds is 5. The predicted molar refractivity (Wildman–Crippen MR) is 90.9 cm³/mol. The van der Waals surface area contributed by atoms with Crippen molar-refractivity contribution < 1.29 is 13.2 Å². The maximum Gasteiger partial charge on any atom is 0.253 e. The molecule has 1 aliphatic rings. The van der Waals surface area contributed by atoms with Gasteiger partial charge in [0.1, 0.15) is 0 Å². The molecule has 0 saturated heterocycles. The van der Waals surface area contributed by atoms with Crippen LogP contribution >= 0.6 is 0 Å². The van der Waals surface area contributed by atoms with E-state index >= 15 is 0 Å². The molecule has 0 N–H and O–H groups in total. The van der Waals surface area contributed by atoms with Gasteiger partial charge in [-0.05, 0) is 43.0 Å². The molecule has 0 spiro atoms. The number of carbonyl (C=O) groups is 1. The van der Waals surface area contributed by atoms with Crippen LogP contribution < -0.4 is 0 Å². The standard InChI is InChI=1S/C17H26N2O3S/c1-18(2)23(21,22)16-11-9-15(10-12-16)17(20)19(3)13-14-7-5-4-6-8-14/h9-12,14H,4-8,13H2,1-3H3. The molecule has 6 heteroatoms. The number of hydrogen-bond donors (Lipinski definition) is 0. The van der Waals surface area contributed by atoms with Gasteiger partial charge in [0, 0.05) is 33.3 Å². The Kier molecular flexibility index (Phi) is 5.81. The van der Waals surface area contributed by atoms with Crippen LogP contribution in [-0.4, -0.2) is 51.2 Å². The third kappa shape index (κ3) is 4.32. The van der Waals surface area contributed by atoms with Crippen molar-refractivity contribution in [1.82, 2.24) is 9.21 Å². The molecule has 0 bridgehead atoms. The lowest BCUT2D eigenvalue weighted by molar-refractivity contribution is 0.0760. The summed E-state index contributed by atoms with van der Waals surface area (Å²) >= 11 is 0. The van der Waals surface area contributed by atoms with E-state index in [1.807, 2.05) is 7.05 Å². The summed E-state index contributed by atoms with van der Waals surface area (Å²) in [6.07, 6.45) is 6.19. The zero-order valence-electron chi connectivity index (χ0n) is 14.2. The molecule has 1 amide bonds. The van der Waals surface area contributed by atoms with Crippen molar-refractivity contribution in [3.05, 3.63) is 29.8 Å². The molecule has 5 nitrogen and oxygen atoms in total. The largest absolute Gasteiger partial charge is 0.341 e. The van der Waals surface area contributed by atoms with E-state index in [1.54, 1.807) is 17.0 Å². The number of carbonyl (C=O) groups excluding carboxylic acids is 1. The summed E-state index contributed by atoms with van der Waals surface area (Å²) in [4.78, 5) is 14.4. The molecule has 0 aliphatic heterocycles. The number of nitrogens with zero attached hydrogens (tertiary/aromatic N) is 2. The third-order valence-electron chi connectivity index (χ3n) is 4.48. The molecule has 1 aromatic rings. The summed E-state index contributed by atoms with van der Waals surface area (Å²) in [6.45, 7) is 0.774. The van der Waals surface area contributed by atoms with Gasteiger partial charge < -0.3 is 4.90 Å². The molecule has 1 saturated carbocycles. The van der Waals surface area contributed by atoms with E-state index in [2.05, 4.69) is 0 Å². The number of hydrogen-bond acceptors (Lipinski definition) is 3. The first-order chi connectivity index (χ1) is 10.8. The summed E-state index contributed by atoms with van der Waals surface area (Å²) in [6, 6.07) is 6.18. The summed E-state index contributed by atoms with van der Waals surface area (Å²) in [5, 5.41) is 0. The average molecular weight is 338 g/mol. The summed E-state index contributed by atoms with van der Waals surface area (Å²) < 4.78 is 25.2. The second kappa shape index (κ2) is 7.45. The van der Waals surface area contributed by atoms with Gasteiger partial charge in [0.05, 0.1) is 4.90 Å². The Bertz CT molecular complexity index is 632. The van der Waals surface area contributed by atoms with Crippen LogP contribution in [0.4, 0.5) is 0 Å². The number of sulfonamides is 1. The Balaban J connectivity index is 2.05. The molecule has 128 valence electrons. The highest BCUT2D eigenvalue weighted by atomic mass is 32.2. The van der Waals surface area contributed by atoms with Crippen molar-refractivity contribution in [3.8, 4) is 0 Å². The van der Waals surface area contributed by atoms with Gasteiger partial charge in [-0.2, -0.15) is 0 Å². The van der Waals surface area contributed by atoms with Gasteiger partial charge in [-0.15, -0.1) is 0 Å². The van der Waals surface area contributed by atoms with E-state index in [0.29, 0.717) is 11.5 Å². The van der Waals surface area contributed by atoms with Crippen LogP contribution in [0, 0.1) is 5.92 Å². The van der Waals surface area contributed by atoms with E-state index in [-0.39, 0.29) is 10.8 Å². The fraction of sp³-hybridized carbons (Fsp3) is 0.588. The fourth-order valence-electron chi connectivity index (χ4n) is 3.04. The topological polar surface area (TPSA) is 57.7 Å². The first-order valence-corrected chi connectivity index (χ1v) is 9.54. The molecular formula is C17H26N2O3S. The second-order valence-corrected chi connectivity index (χ2v) is 8.65. The lowest BCUT2D eigenvalue weighted by atomic mass is 9.89. The van der Waals surface area contributed by atoms with Crippen molar-refractivity contribution in [3.63, 3.8) is 0 Å². The third-order valence-corrected chi connectivity index (χ3v) is 6.31. The Morgan fingerprint density at radius 3 is 2.13 bits per heavy atom. The molecule has 0 unspecified atom stereocenters. The Morgan fingerprint density at radius 1 is 1.04 bits per heavy atom. The molecule has 0 heterocycles. The van der Waals surface area contributed by atoms with Crippen molar-refractivity contribution >= 4 is 15.9 Å². The lowest BCUT2D eigenvalue weighted by Crippen LogP contribution is -2.32. The highest BCUT2D eigenvalue weighted by molar-refractivity contribution is 7.89. The molecule has 0 aromatic heterocycles. The average Bonchev–Trinajstić information content (AvgIpc) is 2.55. The van der Waals surface area contributed by atoms with E-state index in [1.165, 1.54) is 62.6 Å². The summed E-state index contributed by atoms with van der Waals surface area (Å²) in [5.41, 5.74) is 0.529. The smallest absolute Gasteiger partial charge is 0.253 e. The van der Waals surface area contributed by atoms with Crippen LogP contribution in [0.25, 0.3) is 0 Å². The summed E-state index contributed by atoms with van der Waals surface area (Å²) in [5.74, 6) is 0.537. The molecule has 0 radical (unpaired) electrons. The Labute approximate surface area is 139 Å². The monoisotopic (exact) mass is 338 g/mol. The minimum Gasteiger partial charge on any atom is -0.341 e. The van der Waals surface area contributed by atoms with Gasteiger partial charge in [-0.25, -0.2) is 12.7 Å². The number of benzene rings is 1. The molecule has 1 aliphatic carbocycles. The van der Waals surface area contributed by atoms with Crippen LogP contribution in [-0.2, 0) is 10.0 Å². The summed E-state index contributed by atoms with van der Waals surface area (Å²) in [7, 11) is 1.35. The molecule has 0 atom stereocenters. The van der Waals surface area contributed by atoms with Crippen molar-refractivity contribution in [2.24, 2.45) is 5.92 Å².